The summed E-state index contributed by atoms with van der Waals surface area (Å²) in [4.78, 5) is 25.1. The van der Waals surface area contributed by atoms with Crippen molar-refractivity contribution in [2.45, 2.75) is 38.8 Å². The Balaban J connectivity index is 2.17. The third kappa shape index (κ3) is 6.66. The largest absolute Gasteiger partial charge is 0.495 e. The van der Waals surface area contributed by atoms with Gasteiger partial charge in [-0.3, -0.25) is 4.79 Å². The molecule has 0 spiro atoms. The highest BCUT2D eigenvalue weighted by molar-refractivity contribution is 5.97. The molecule has 0 saturated carbocycles. The van der Waals surface area contributed by atoms with Crippen molar-refractivity contribution in [2.75, 3.05) is 12.4 Å². The third-order valence-electron chi connectivity index (χ3n) is 3.65. The van der Waals surface area contributed by atoms with E-state index in [0.717, 1.165) is 5.56 Å². The van der Waals surface area contributed by atoms with Gasteiger partial charge in [-0.25, -0.2) is 4.79 Å². The van der Waals surface area contributed by atoms with Gasteiger partial charge in [0.2, 0.25) is 5.91 Å². The van der Waals surface area contributed by atoms with Crippen molar-refractivity contribution in [3.05, 3.63) is 60.2 Å². The average molecular weight is 370 g/mol. The molecule has 0 bridgehead atoms. The molecule has 0 aliphatic heterocycles. The summed E-state index contributed by atoms with van der Waals surface area (Å²) in [6.45, 7) is 5.31. The molecular weight excluding hydrogens is 344 g/mol. The van der Waals surface area contributed by atoms with Crippen LogP contribution in [-0.4, -0.2) is 30.8 Å². The molecule has 1 atom stereocenters. The Morgan fingerprint density at radius 2 is 1.63 bits per heavy atom. The van der Waals surface area contributed by atoms with Crippen LogP contribution in [-0.2, 0) is 16.0 Å². The molecule has 2 aromatic carbocycles. The summed E-state index contributed by atoms with van der Waals surface area (Å²) in [7, 11) is 1.53. The molecule has 6 heteroatoms. The lowest BCUT2D eigenvalue weighted by Gasteiger charge is -2.23. The number of alkyl carbamates (subject to hydrolysis) is 1. The quantitative estimate of drug-likeness (QED) is 0.811. The molecule has 0 aliphatic rings. The number of rotatable bonds is 6. The first-order valence-corrected chi connectivity index (χ1v) is 8.76. The molecule has 2 rings (SSSR count). The van der Waals surface area contributed by atoms with Crippen LogP contribution >= 0.6 is 0 Å². The zero-order valence-corrected chi connectivity index (χ0v) is 16.1. The fourth-order valence-corrected chi connectivity index (χ4v) is 2.48. The van der Waals surface area contributed by atoms with Gasteiger partial charge in [0.25, 0.3) is 0 Å². The van der Waals surface area contributed by atoms with Crippen LogP contribution in [0, 0.1) is 0 Å². The highest BCUT2D eigenvalue weighted by Crippen LogP contribution is 2.23. The lowest BCUT2D eigenvalue weighted by atomic mass is 10.1. The molecule has 0 fully saturated rings. The molecule has 0 aromatic heterocycles. The third-order valence-corrected chi connectivity index (χ3v) is 3.65. The fraction of sp³-hybridized carbons (Fsp3) is 0.333. The Hall–Kier alpha value is -3.02. The number of amides is 2. The van der Waals surface area contributed by atoms with E-state index in [1.807, 2.05) is 36.4 Å². The first kappa shape index (κ1) is 20.3. The summed E-state index contributed by atoms with van der Waals surface area (Å²) < 4.78 is 10.6. The number of carbonyl (C=O) groups excluding carboxylic acids is 2. The predicted molar refractivity (Wildman–Crippen MR) is 105 cm³/mol. The number of methoxy groups -OCH3 is 1. The molecule has 27 heavy (non-hydrogen) atoms. The molecule has 0 aliphatic carbocycles. The maximum atomic E-state index is 12.8. The second-order valence-electron chi connectivity index (χ2n) is 7.08. The van der Waals surface area contributed by atoms with Gasteiger partial charge in [0.05, 0.1) is 12.8 Å². The van der Waals surface area contributed by atoms with Gasteiger partial charge in [-0.1, -0.05) is 42.5 Å². The van der Waals surface area contributed by atoms with E-state index in [1.54, 1.807) is 39.0 Å². The molecule has 1 unspecified atom stereocenters. The van der Waals surface area contributed by atoms with Gasteiger partial charge in [-0.15, -0.1) is 0 Å². The Bertz CT molecular complexity index is 769. The minimum absolute atomic E-state index is 0.334. The van der Waals surface area contributed by atoms with Crippen molar-refractivity contribution in [2.24, 2.45) is 0 Å². The van der Waals surface area contributed by atoms with E-state index in [0.29, 0.717) is 17.9 Å². The van der Waals surface area contributed by atoms with Gasteiger partial charge in [0.15, 0.2) is 0 Å². The zero-order chi connectivity index (χ0) is 19.9. The maximum absolute atomic E-state index is 12.8. The molecule has 0 radical (unpaired) electrons. The van der Waals surface area contributed by atoms with Crippen LogP contribution in [0.2, 0.25) is 0 Å². The van der Waals surface area contributed by atoms with Crippen molar-refractivity contribution in [1.82, 2.24) is 5.32 Å². The van der Waals surface area contributed by atoms with Crippen LogP contribution in [0.4, 0.5) is 10.5 Å². The number of hydrogen-bond donors (Lipinski definition) is 2. The van der Waals surface area contributed by atoms with E-state index < -0.39 is 17.7 Å². The van der Waals surface area contributed by atoms with E-state index in [-0.39, 0.29) is 5.91 Å². The highest BCUT2D eigenvalue weighted by atomic mass is 16.6. The van der Waals surface area contributed by atoms with Gasteiger partial charge in [0, 0.05) is 6.42 Å². The minimum atomic E-state index is -0.799. The lowest BCUT2D eigenvalue weighted by Crippen LogP contribution is -2.47. The summed E-state index contributed by atoms with van der Waals surface area (Å²) in [6.07, 6.45) is -0.306. The van der Waals surface area contributed by atoms with Crippen molar-refractivity contribution >= 4 is 17.7 Å². The Labute approximate surface area is 159 Å². The number of nitrogens with one attached hydrogen (secondary N) is 2. The van der Waals surface area contributed by atoms with Gasteiger partial charge in [-0.05, 0) is 38.5 Å². The summed E-state index contributed by atoms with van der Waals surface area (Å²) >= 11 is 0. The lowest BCUT2D eigenvalue weighted by molar-refractivity contribution is -0.118. The molecular formula is C21H26N2O4. The minimum Gasteiger partial charge on any atom is -0.495 e. The van der Waals surface area contributed by atoms with Gasteiger partial charge in [0.1, 0.15) is 17.4 Å². The van der Waals surface area contributed by atoms with Gasteiger partial charge < -0.3 is 20.1 Å². The highest BCUT2D eigenvalue weighted by Gasteiger charge is 2.25. The predicted octanol–water partition coefficient (Wildman–Crippen LogP) is 3.77. The number of anilines is 1. The molecule has 2 aromatic rings. The standard InChI is InChI=1S/C21H26N2O4/c1-21(2,3)27-20(25)23-17(14-15-10-6-5-7-11-15)19(24)22-16-12-8-9-13-18(16)26-4/h5-13,17H,14H2,1-4H3,(H,22,24)(H,23,25). The molecule has 0 saturated heterocycles. The van der Waals surface area contributed by atoms with E-state index in [1.165, 1.54) is 7.11 Å². The number of para-hydroxylation sites is 2. The van der Waals surface area contributed by atoms with Crippen LogP contribution in [0.3, 0.4) is 0 Å². The van der Waals surface area contributed by atoms with Crippen molar-refractivity contribution in [3.8, 4) is 5.75 Å². The smallest absolute Gasteiger partial charge is 0.408 e. The van der Waals surface area contributed by atoms with Crippen LogP contribution < -0.4 is 15.4 Å². The summed E-state index contributed by atoms with van der Waals surface area (Å²) in [6, 6.07) is 15.8. The molecule has 0 heterocycles. The average Bonchev–Trinajstić information content (AvgIpc) is 2.61. The summed E-state index contributed by atoms with van der Waals surface area (Å²) in [5.74, 6) is 0.191. The Kier molecular flexibility index (Phi) is 6.82. The normalized spacial score (nSPS) is 12.0. The fourth-order valence-electron chi connectivity index (χ4n) is 2.48. The Morgan fingerprint density at radius 3 is 2.26 bits per heavy atom. The van der Waals surface area contributed by atoms with Gasteiger partial charge in [-0.2, -0.15) is 0 Å². The number of carbonyl (C=O) groups is 2. The second kappa shape index (κ2) is 9.07. The van der Waals surface area contributed by atoms with Crippen LogP contribution in [0.1, 0.15) is 26.3 Å². The SMILES string of the molecule is COc1ccccc1NC(=O)C(Cc1ccccc1)NC(=O)OC(C)(C)C. The zero-order valence-electron chi connectivity index (χ0n) is 16.1. The van der Waals surface area contributed by atoms with E-state index in [2.05, 4.69) is 10.6 Å². The molecule has 6 nitrogen and oxygen atoms in total. The summed E-state index contributed by atoms with van der Waals surface area (Å²) in [5, 5.41) is 5.48. The van der Waals surface area contributed by atoms with Crippen molar-refractivity contribution < 1.29 is 19.1 Å². The number of ether oxygens (including phenoxy) is 2. The van der Waals surface area contributed by atoms with Crippen molar-refractivity contribution in [1.29, 1.82) is 0 Å². The van der Waals surface area contributed by atoms with Crippen LogP contribution in [0.5, 0.6) is 5.75 Å². The second-order valence-corrected chi connectivity index (χ2v) is 7.08. The summed E-state index contributed by atoms with van der Waals surface area (Å²) in [5.41, 5.74) is 0.809. The van der Waals surface area contributed by atoms with Crippen molar-refractivity contribution in [3.63, 3.8) is 0 Å². The topological polar surface area (TPSA) is 76.7 Å². The van der Waals surface area contributed by atoms with Crippen LogP contribution in [0.15, 0.2) is 54.6 Å². The first-order chi connectivity index (χ1) is 12.8. The molecule has 2 N–H and O–H groups in total. The molecule has 2 amide bonds. The monoisotopic (exact) mass is 370 g/mol. The van der Waals surface area contributed by atoms with Gasteiger partial charge >= 0.3 is 6.09 Å². The van der Waals surface area contributed by atoms with E-state index >= 15 is 0 Å². The maximum Gasteiger partial charge on any atom is 0.408 e. The van der Waals surface area contributed by atoms with E-state index in [9.17, 15) is 9.59 Å². The molecule has 144 valence electrons. The number of benzene rings is 2. The van der Waals surface area contributed by atoms with E-state index in [4.69, 9.17) is 9.47 Å². The number of hydrogen-bond acceptors (Lipinski definition) is 4. The Morgan fingerprint density at radius 1 is 1.00 bits per heavy atom. The van der Waals surface area contributed by atoms with Crippen LogP contribution in [0.25, 0.3) is 0 Å². The first-order valence-electron chi connectivity index (χ1n) is 8.76.